The van der Waals surface area contributed by atoms with Crippen molar-refractivity contribution in [2.75, 3.05) is 12.4 Å². The van der Waals surface area contributed by atoms with Crippen molar-refractivity contribution in [2.24, 2.45) is 21.1 Å². The van der Waals surface area contributed by atoms with Gasteiger partial charge in [-0.2, -0.15) is 13.2 Å². The minimum absolute atomic E-state index is 0.240. The van der Waals surface area contributed by atoms with Gasteiger partial charge in [-0.1, -0.05) is 6.92 Å². The Morgan fingerprint density at radius 1 is 1.14 bits per heavy atom. The quantitative estimate of drug-likeness (QED) is 0.248. The smallest absolute Gasteiger partial charge is 0.433 e. The van der Waals surface area contributed by atoms with Gasteiger partial charge in [0.15, 0.2) is 16.3 Å². The molecule has 0 spiro atoms. The summed E-state index contributed by atoms with van der Waals surface area (Å²) < 4.78 is 49.2. The molecule has 0 atom stereocenters. The van der Waals surface area contributed by atoms with Crippen LogP contribution in [0.25, 0.3) is 22.6 Å². The lowest BCUT2D eigenvalue weighted by molar-refractivity contribution is -0.141. The third kappa shape index (κ3) is 5.86. The first kappa shape index (κ1) is 26.7. The van der Waals surface area contributed by atoms with Gasteiger partial charge in [0.25, 0.3) is 0 Å². The van der Waals surface area contributed by atoms with Crippen LogP contribution in [0.4, 0.5) is 13.2 Å². The Balaban J connectivity index is 0.000000261. The van der Waals surface area contributed by atoms with Crippen molar-refractivity contribution in [1.29, 1.82) is 0 Å². The Morgan fingerprint density at radius 3 is 2.43 bits per heavy atom. The number of aryl methyl sites for hydroxylation is 2. The fourth-order valence-electron chi connectivity index (χ4n) is 3.08. The van der Waals surface area contributed by atoms with Crippen molar-refractivity contribution >= 4 is 44.7 Å². The van der Waals surface area contributed by atoms with Crippen LogP contribution in [0.1, 0.15) is 30.0 Å². The molecule has 0 aliphatic rings. The number of rotatable bonds is 5. The lowest BCUT2D eigenvalue weighted by Crippen LogP contribution is -2.07. The summed E-state index contributed by atoms with van der Waals surface area (Å²) >= 11 is 4.97. The molecule has 0 saturated carbocycles. The van der Waals surface area contributed by atoms with Crippen LogP contribution in [-0.4, -0.2) is 52.0 Å². The highest BCUT2D eigenvalue weighted by atomic mass is 79.9. The van der Waals surface area contributed by atoms with Crippen LogP contribution in [0.2, 0.25) is 0 Å². The lowest BCUT2D eigenvalue weighted by Gasteiger charge is -2.05. The first-order valence-electron chi connectivity index (χ1n) is 10.4. The second kappa shape index (κ2) is 10.8. The second-order valence-corrected chi connectivity index (χ2v) is 9.18. The summed E-state index contributed by atoms with van der Waals surface area (Å²) in [5, 5.41) is 0.895. The van der Waals surface area contributed by atoms with Crippen LogP contribution in [0.5, 0.6) is 0 Å². The third-order valence-corrected chi connectivity index (χ3v) is 6.47. The molecule has 4 aromatic heterocycles. The molecule has 0 aromatic carbocycles. The lowest BCUT2D eigenvalue weighted by atomic mass is 10.3. The normalized spacial score (nSPS) is 11.5. The van der Waals surface area contributed by atoms with Crippen LogP contribution in [-0.2, 0) is 32.1 Å². The number of carbonyl (C=O) groups is 1. The first-order chi connectivity index (χ1) is 16.5. The van der Waals surface area contributed by atoms with E-state index in [1.807, 2.05) is 18.5 Å². The average Bonchev–Trinajstić information content (AvgIpc) is 3.46. The Kier molecular flexibility index (Phi) is 8.26. The van der Waals surface area contributed by atoms with Gasteiger partial charge in [0.05, 0.1) is 30.2 Å². The molecule has 0 N–H and O–H groups in total. The number of carbonyl (C=O) groups excluding carboxylic acids is 1. The number of hydrogen-bond acceptors (Lipinski definition) is 7. The van der Waals surface area contributed by atoms with E-state index in [1.165, 1.54) is 6.20 Å². The largest absolute Gasteiger partial charge is 0.461 e. The molecule has 9 nitrogen and oxygen atoms in total. The molecule has 0 bridgehead atoms. The summed E-state index contributed by atoms with van der Waals surface area (Å²) in [6, 6.07) is 0.962. The van der Waals surface area contributed by atoms with Crippen molar-refractivity contribution in [3.05, 3.63) is 40.9 Å². The molecule has 4 rings (SSSR count). The number of thioether (sulfide) groups is 1. The zero-order chi connectivity index (χ0) is 25.9. The number of nitrogens with zero attached hydrogens (tertiary/aromatic N) is 7. The molecule has 35 heavy (non-hydrogen) atoms. The number of ether oxygens (including phenoxy) is 1. The minimum Gasteiger partial charge on any atom is -0.461 e. The van der Waals surface area contributed by atoms with Gasteiger partial charge in [0.1, 0.15) is 16.4 Å². The van der Waals surface area contributed by atoms with Crippen LogP contribution >= 0.6 is 27.7 Å². The van der Waals surface area contributed by atoms with E-state index in [-0.39, 0.29) is 11.5 Å². The molecule has 4 heterocycles. The Bertz CT molecular complexity index is 1350. The second-order valence-electron chi connectivity index (χ2n) is 7.22. The highest BCUT2D eigenvalue weighted by Crippen LogP contribution is 2.35. The summed E-state index contributed by atoms with van der Waals surface area (Å²) in [5.41, 5.74) is 0.791. The van der Waals surface area contributed by atoms with Crippen molar-refractivity contribution in [3.63, 3.8) is 0 Å². The van der Waals surface area contributed by atoms with Crippen LogP contribution in [0.15, 0.2) is 34.5 Å². The van der Waals surface area contributed by atoms with Gasteiger partial charge in [0, 0.05) is 27.3 Å². The number of fused-ring (bicyclic) bond motifs is 1. The molecule has 0 radical (unpaired) electrons. The van der Waals surface area contributed by atoms with Crippen molar-refractivity contribution < 1.29 is 22.7 Å². The predicted molar refractivity (Wildman–Crippen MR) is 129 cm³/mol. The van der Waals surface area contributed by atoms with Gasteiger partial charge in [-0.25, -0.2) is 24.7 Å². The predicted octanol–water partition coefficient (Wildman–Crippen LogP) is 4.86. The molecule has 0 unspecified atom stereocenters. The molecule has 188 valence electrons. The highest BCUT2D eigenvalue weighted by molar-refractivity contribution is 9.10. The summed E-state index contributed by atoms with van der Waals surface area (Å²) in [6.07, 6.45) is -0.118. The van der Waals surface area contributed by atoms with Crippen molar-refractivity contribution in [1.82, 2.24) is 33.6 Å². The van der Waals surface area contributed by atoms with E-state index < -0.39 is 11.9 Å². The number of imidazole rings is 3. The Labute approximate surface area is 211 Å². The van der Waals surface area contributed by atoms with E-state index in [0.717, 1.165) is 16.8 Å². The molecule has 0 aliphatic heterocycles. The van der Waals surface area contributed by atoms with Crippen molar-refractivity contribution in [2.45, 2.75) is 25.0 Å². The van der Waals surface area contributed by atoms with Crippen molar-refractivity contribution in [3.8, 4) is 11.5 Å². The van der Waals surface area contributed by atoms with Gasteiger partial charge in [-0.3, -0.25) is 0 Å². The van der Waals surface area contributed by atoms with Gasteiger partial charge in [-0.05, 0) is 34.7 Å². The zero-order valence-electron chi connectivity index (χ0n) is 19.6. The van der Waals surface area contributed by atoms with E-state index in [4.69, 9.17) is 4.74 Å². The fourth-order valence-corrected chi connectivity index (χ4v) is 4.38. The molecule has 0 amide bonds. The number of halogens is 4. The Hall–Kier alpha value is -2.87. The molecule has 14 heteroatoms. The summed E-state index contributed by atoms with van der Waals surface area (Å²) in [6.45, 7) is 4.17. The molecule has 0 saturated heterocycles. The van der Waals surface area contributed by atoms with E-state index >= 15 is 0 Å². The number of aromatic nitrogens is 7. The summed E-state index contributed by atoms with van der Waals surface area (Å²) in [4.78, 5) is 27.1. The van der Waals surface area contributed by atoms with Gasteiger partial charge >= 0.3 is 12.1 Å². The van der Waals surface area contributed by atoms with E-state index in [0.29, 0.717) is 34.1 Å². The van der Waals surface area contributed by atoms with Gasteiger partial charge in [0.2, 0.25) is 0 Å². The molecular formula is C21H23BrF3N7O2S. The number of esters is 1. The first-order valence-corrected chi connectivity index (χ1v) is 12.2. The minimum atomic E-state index is -4.50. The molecule has 0 aliphatic carbocycles. The standard InChI is InChI=1S/C14H13BrF3N5S.C7H10N2O2/c1-4-24-12-10(21-13(15)23(12)3)11-20-7-5-9(14(16,17)18)19-6-8(7)22(11)2;1-3-11-7(10)6-4-9(2)5-8-6/h5-6H,4H2,1-3H3;4-5H,3H2,1-2H3. The van der Waals surface area contributed by atoms with E-state index in [2.05, 4.69) is 35.9 Å². The van der Waals surface area contributed by atoms with E-state index in [9.17, 15) is 18.0 Å². The maximum absolute atomic E-state index is 12.8. The van der Waals surface area contributed by atoms with Crippen LogP contribution in [0, 0.1) is 0 Å². The number of hydrogen-bond donors (Lipinski definition) is 0. The highest BCUT2D eigenvalue weighted by Gasteiger charge is 2.33. The van der Waals surface area contributed by atoms with Crippen LogP contribution in [0.3, 0.4) is 0 Å². The maximum atomic E-state index is 12.8. The average molecular weight is 574 g/mol. The van der Waals surface area contributed by atoms with Crippen LogP contribution < -0.4 is 0 Å². The third-order valence-electron chi connectivity index (χ3n) is 4.73. The molecule has 0 fully saturated rings. The number of alkyl halides is 3. The van der Waals surface area contributed by atoms with Gasteiger partial charge in [-0.15, -0.1) is 11.8 Å². The monoisotopic (exact) mass is 573 g/mol. The molecular weight excluding hydrogens is 551 g/mol. The van der Waals surface area contributed by atoms with Gasteiger partial charge < -0.3 is 18.4 Å². The fraction of sp³-hybridized carbons (Fsp3) is 0.381. The maximum Gasteiger partial charge on any atom is 0.433 e. The topological polar surface area (TPSA) is 92.7 Å². The summed E-state index contributed by atoms with van der Waals surface area (Å²) in [7, 11) is 5.41. The SMILES string of the molecule is CCOC(=O)c1cn(C)cn1.CCSc1c(-c2nc3cc(C(F)(F)F)ncc3n2C)nc(Br)n1C. The molecule has 4 aromatic rings. The summed E-state index contributed by atoms with van der Waals surface area (Å²) in [5.74, 6) is 0.972. The number of pyridine rings is 1. The Morgan fingerprint density at radius 2 is 1.86 bits per heavy atom. The van der Waals surface area contributed by atoms with E-state index in [1.54, 1.807) is 54.4 Å². The zero-order valence-corrected chi connectivity index (χ0v) is 22.0.